The van der Waals surface area contributed by atoms with Crippen molar-refractivity contribution < 1.29 is 19.1 Å². The number of aromatic nitrogens is 3. The molecule has 9 heteroatoms. The summed E-state index contributed by atoms with van der Waals surface area (Å²) in [4.78, 5) is 29.9. The summed E-state index contributed by atoms with van der Waals surface area (Å²) in [5.41, 5.74) is 1.87. The Bertz CT molecular complexity index is 1250. The lowest BCUT2D eigenvalue weighted by Gasteiger charge is -2.14. The van der Waals surface area contributed by atoms with Crippen LogP contribution in [0.1, 0.15) is 17.5 Å². The van der Waals surface area contributed by atoms with Gasteiger partial charge >= 0.3 is 5.97 Å². The van der Waals surface area contributed by atoms with Gasteiger partial charge in [0, 0.05) is 10.6 Å². The maximum absolute atomic E-state index is 12.8. The number of para-hydroxylation sites is 1. The summed E-state index contributed by atoms with van der Waals surface area (Å²) in [6.07, 6.45) is -1.12. The standard InChI is InChI=1S/C25H21ClN4O4/c1-16(24(31)27-20-15-18(26)13-14-21(20)33-2)34-25(32)22-28-23(17-9-5-3-6-10-17)30(29-22)19-11-7-4-8-12-19/h3-16H,1-2H3,(H,27,31)/t16-/m0/s1. The molecule has 0 unspecified atom stereocenters. The molecule has 0 saturated heterocycles. The molecule has 1 heterocycles. The fourth-order valence-electron chi connectivity index (χ4n) is 3.20. The van der Waals surface area contributed by atoms with E-state index in [-0.39, 0.29) is 5.82 Å². The number of rotatable bonds is 7. The number of benzene rings is 3. The summed E-state index contributed by atoms with van der Waals surface area (Å²) in [6.45, 7) is 1.45. The van der Waals surface area contributed by atoms with Crippen LogP contribution in [0.15, 0.2) is 78.9 Å². The van der Waals surface area contributed by atoms with E-state index in [1.165, 1.54) is 14.0 Å². The van der Waals surface area contributed by atoms with Gasteiger partial charge in [-0.25, -0.2) is 14.5 Å². The number of halogens is 1. The Morgan fingerprint density at radius 3 is 2.35 bits per heavy atom. The average Bonchev–Trinajstić information content (AvgIpc) is 3.31. The molecule has 1 aromatic heterocycles. The highest BCUT2D eigenvalue weighted by Gasteiger charge is 2.25. The topological polar surface area (TPSA) is 95.3 Å². The lowest BCUT2D eigenvalue weighted by molar-refractivity contribution is -0.123. The van der Waals surface area contributed by atoms with Crippen LogP contribution in [0.2, 0.25) is 5.02 Å². The van der Waals surface area contributed by atoms with E-state index >= 15 is 0 Å². The van der Waals surface area contributed by atoms with E-state index in [0.29, 0.717) is 22.3 Å². The molecule has 34 heavy (non-hydrogen) atoms. The third kappa shape index (κ3) is 5.07. The zero-order valence-electron chi connectivity index (χ0n) is 18.4. The molecule has 0 saturated carbocycles. The lowest BCUT2D eigenvalue weighted by atomic mass is 10.2. The van der Waals surface area contributed by atoms with Crippen molar-refractivity contribution in [3.8, 4) is 22.8 Å². The number of esters is 1. The molecule has 0 spiro atoms. The van der Waals surface area contributed by atoms with Gasteiger partial charge in [-0.2, -0.15) is 0 Å². The summed E-state index contributed by atoms with van der Waals surface area (Å²) in [5, 5.41) is 7.43. The number of carbonyl (C=O) groups excluding carboxylic acids is 2. The smallest absolute Gasteiger partial charge is 0.379 e. The Morgan fingerprint density at radius 2 is 1.68 bits per heavy atom. The van der Waals surface area contributed by atoms with E-state index in [2.05, 4.69) is 15.4 Å². The molecule has 0 aliphatic heterocycles. The van der Waals surface area contributed by atoms with Crippen LogP contribution in [-0.2, 0) is 9.53 Å². The zero-order valence-corrected chi connectivity index (χ0v) is 19.2. The molecule has 0 aliphatic rings. The molecule has 4 rings (SSSR count). The first kappa shape index (κ1) is 23.0. The third-order valence-electron chi connectivity index (χ3n) is 4.89. The fraction of sp³-hybridized carbons (Fsp3) is 0.120. The molecule has 172 valence electrons. The first-order chi connectivity index (χ1) is 16.5. The van der Waals surface area contributed by atoms with Gasteiger partial charge in [0.25, 0.3) is 11.7 Å². The van der Waals surface area contributed by atoms with E-state index < -0.39 is 18.0 Å². The maximum atomic E-state index is 12.8. The predicted molar refractivity (Wildman–Crippen MR) is 128 cm³/mol. The highest BCUT2D eigenvalue weighted by atomic mass is 35.5. The third-order valence-corrected chi connectivity index (χ3v) is 5.13. The molecule has 0 bridgehead atoms. The van der Waals surface area contributed by atoms with Gasteiger partial charge in [0.05, 0.1) is 18.5 Å². The minimum atomic E-state index is -1.12. The van der Waals surface area contributed by atoms with Crippen molar-refractivity contribution in [1.29, 1.82) is 0 Å². The summed E-state index contributed by atoms with van der Waals surface area (Å²) in [5.74, 6) is -0.651. The van der Waals surface area contributed by atoms with Crippen molar-refractivity contribution in [3.05, 3.63) is 89.7 Å². The fourth-order valence-corrected chi connectivity index (χ4v) is 3.37. The van der Waals surface area contributed by atoms with Gasteiger partial charge in [0.2, 0.25) is 0 Å². The Balaban J connectivity index is 1.56. The van der Waals surface area contributed by atoms with Gasteiger partial charge in [0.15, 0.2) is 11.9 Å². The van der Waals surface area contributed by atoms with Crippen LogP contribution in [-0.4, -0.2) is 39.9 Å². The molecular formula is C25H21ClN4O4. The molecule has 0 radical (unpaired) electrons. The van der Waals surface area contributed by atoms with Gasteiger partial charge in [-0.05, 0) is 37.3 Å². The molecule has 1 N–H and O–H groups in total. The van der Waals surface area contributed by atoms with Crippen LogP contribution in [0.5, 0.6) is 5.75 Å². The summed E-state index contributed by atoms with van der Waals surface area (Å²) in [6, 6.07) is 23.5. The van der Waals surface area contributed by atoms with Gasteiger partial charge < -0.3 is 14.8 Å². The molecule has 8 nitrogen and oxygen atoms in total. The van der Waals surface area contributed by atoms with Crippen LogP contribution in [0.3, 0.4) is 0 Å². The minimum Gasteiger partial charge on any atom is -0.495 e. The van der Waals surface area contributed by atoms with Crippen LogP contribution >= 0.6 is 11.6 Å². The first-order valence-corrected chi connectivity index (χ1v) is 10.8. The molecular weight excluding hydrogens is 456 g/mol. The molecule has 0 aliphatic carbocycles. The Kier molecular flexibility index (Phi) is 6.89. The Hall–Kier alpha value is -4.17. The number of carbonyl (C=O) groups is 2. The van der Waals surface area contributed by atoms with Gasteiger partial charge in [0.1, 0.15) is 5.75 Å². The largest absolute Gasteiger partial charge is 0.495 e. The van der Waals surface area contributed by atoms with Crippen molar-refractivity contribution in [2.24, 2.45) is 0 Å². The lowest BCUT2D eigenvalue weighted by Crippen LogP contribution is -2.30. The molecule has 1 amide bonds. The Morgan fingerprint density at radius 1 is 1.00 bits per heavy atom. The number of hydrogen-bond donors (Lipinski definition) is 1. The van der Waals surface area contributed by atoms with Gasteiger partial charge in [-0.3, -0.25) is 4.79 Å². The molecule has 0 fully saturated rings. The quantitative estimate of drug-likeness (QED) is 0.386. The highest BCUT2D eigenvalue weighted by molar-refractivity contribution is 6.31. The number of hydrogen-bond acceptors (Lipinski definition) is 6. The van der Waals surface area contributed by atoms with Gasteiger partial charge in [-0.15, -0.1) is 5.10 Å². The zero-order chi connectivity index (χ0) is 24.1. The maximum Gasteiger partial charge on any atom is 0.379 e. The van der Waals surface area contributed by atoms with E-state index in [9.17, 15) is 9.59 Å². The molecule has 3 aromatic carbocycles. The van der Waals surface area contributed by atoms with E-state index in [1.807, 2.05) is 60.7 Å². The predicted octanol–water partition coefficient (Wildman–Crippen LogP) is 4.78. The minimum absolute atomic E-state index is 0.164. The SMILES string of the molecule is COc1ccc(Cl)cc1NC(=O)[C@H](C)OC(=O)c1nc(-c2ccccc2)n(-c2ccccc2)n1. The monoisotopic (exact) mass is 476 g/mol. The normalized spacial score (nSPS) is 11.5. The van der Waals surface area contributed by atoms with E-state index in [1.54, 1.807) is 22.9 Å². The summed E-state index contributed by atoms with van der Waals surface area (Å²) in [7, 11) is 1.47. The second kappa shape index (κ2) is 10.2. The highest BCUT2D eigenvalue weighted by Crippen LogP contribution is 2.28. The van der Waals surface area contributed by atoms with Crippen molar-refractivity contribution in [2.45, 2.75) is 13.0 Å². The summed E-state index contributed by atoms with van der Waals surface area (Å²) >= 11 is 6.01. The number of amides is 1. The summed E-state index contributed by atoms with van der Waals surface area (Å²) < 4.78 is 12.1. The van der Waals surface area contributed by atoms with Crippen molar-refractivity contribution in [3.63, 3.8) is 0 Å². The van der Waals surface area contributed by atoms with Crippen LogP contribution in [0.4, 0.5) is 5.69 Å². The van der Waals surface area contributed by atoms with Crippen LogP contribution in [0.25, 0.3) is 17.1 Å². The Labute approximate surface area is 201 Å². The van der Waals surface area contributed by atoms with E-state index in [4.69, 9.17) is 21.1 Å². The van der Waals surface area contributed by atoms with Gasteiger partial charge in [-0.1, -0.05) is 60.1 Å². The average molecular weight is 477 g/mol. The number of nitrogens with zero attached hydrogens (tertiary/aromatic N) is 3. The van der Waals surface area contributed by atoms with E-state index in [0.717, 1.165) is 11.3 Å². The second-order valence-corrected chi connectivity index (χ2v) is 7.69. The number of ether oxygens (including phenoxy) is 2. The van der Waals surface area contributed by atoms with Crippen LogP contribution in [0, 0.1) is 0 Å². The second-order valence-electron chi connectivity index (χ2n) is 7.25. The van der Waals surface area contributed by atoms with Crippen molar-refractivity contribution in [1.82, 2.24) is 14.8 Å². The number of nitrogens with one attached hydrogen (secondary N) is 1. The first-order valence-electron chi connectivity index (χ1n) is 10.4. The molecule has 1 atom stereocenters. The van der Waals surface area contributed by atoms with Crippen molar-refractivity contribution in [2.75, 3.05) is 12.4 Å². The molecule has 4 aromatic rings. The number of methoxy groups -OCH3 is 1. The number of anilines is 1. The van der Waals surface area contributed by atoms with Crippen LogP contribution < -0.4 is 10.1 Å². The van der Waals surface area contributed by atoms with Crippen molar-refractivity contribution >= 4 is 29.2 Å².